The molecule has 0 unspecified atom stereocenters. The van der Waals surface area contributed by atoms with Crippen molar-refractivity contribution in [3.63, 3.8) is 0 Å². The van der Waals surface area contributed by atoms with Crippen LogP contribution in [0.3, 0.4) is 0 Å². The van der Waals surface area contributed by atoms with E-state index in [1.54, 1.807) is 6.20 Å². The van der Waals surface area contributed by atoms with Gasteiger partial charge in [0.15, 0.2) is 0 Å². The van der Waals surface area contributed by atoms with Gasteiger partial charge in [0.2, 0.25) is 0 Å². The summed E-state index contributed by atoms with van der Waals surface area (Å²) in [6.45, 7) is 3.60. The van der Waals surface area contributed by atoms with Gasteiger partial charge < -0.3 is 4.90 Å². The number of aromatic nitrogens is 1. The van der Waals surface area contributed by atoms with Gasteiger partial charge in [0.05, 0.1) is 17.0 Å². The van der Waals surface area contributed by atoms with Crippen LogP contribution in [0.25, 0.3) is 0 Å². The molecule has 0 bridgehead atoms. The van der Waals surface area contributed by atoms with E-state index in [1.165, 1.54) is 0 Å². The van der Waals surface area contributed by atoms with E-state index in [4.69, 9.17) is 5.26 Å². The number of rotatable bonds is 4. The molecule has 15 heavy (non-hydrogen) atoms. The zero-order chi connectivity index (χ0) is 11.3. The highest BCUT2D eigenvalue weighted by atomic mass is 79.9. The maximum Gasteiger partial charge on any atom is 0.142 e. The molecular weight excluding hydrogens is 322 g/mol. The molecule has 0 aliphatic rings. The van der Waals surface area contributed by atoms with Crippen LogP contribution in [-0.4, -0.2) is 18.1 Å². The Morgan fingerprint density at radius 3 is 2.80 bits per heavy atom. The van der Waals surface area contributed by atoms with Crippen molar-refractivity contribution in [2.24, 2.45) is 0 Å². The first-order chi connectivity index (χ1) is 7.19. The van der Waals surface area contributed by atoms with Crippen molar-refractivity contribution in [2.75, 3.05) is 18.0 Å². The fourth-order valence-electron chi connectivity index (χ4n) is 1.24. The van der Waals surface area contributed by atoms with Crippen LogP contribution in [0.1, 0.15) is 13.3 Å². The first-order valence-electron chi connectivity index (χ1n) is 4.62. The van der Waals surface area contributed by atoms with Gasteiger partial charge in [-0.1, -0.05) is 0 Å². The Bertz CT molecular complexity index is 373. The third-order valence-corrected chi connectivity index (χ3v) is 2.98. The Labute approximate surface area is 106 Å². The molecule has 1 aromatic heterocycles. The van der Waals surface area contributed by atoms with Gasteiger partial charge >= 0.3 is 0 Å². The van der Waals surface area contributed by atoms with Gasteiger partial charge in [-0.3, -0.25) is 0 Å². The summed E-state index contributed by atoms with van der Waals surface area (Å²) in [5.74, 6) is 0.885. The number of nitriles is 1. The second kappa shape index (κ2) is 6.09. The molecule has 1 heterocycles. The molecule has 0 aliphatic heterocycles. The van der Waals surface area contributed by atoms with Crippen LogP contribution in [0.15, 0.2) is 21.2 Å². The Balaban J connectivity index is 2.87. The molecule has 80 valence electrons. The zero-order valence-electron chi connectivity index (χ0n) is 8.37. The average Bonchev–Trinajstić information content (AvgIpc) is 2.21. The smallest absolute Gasteiger partial charge is 0.142 e. The lowest BCUT2D eigenvalue weighted by atomic mass is 10.3. The highest BCUT2D eigenvalue weighted by molar-refractivity contribution is 9.11. The number of halogens is 2. The van der Waals surface area contributed by atoms with Crippen molar-refractivity contribution in [1.82, 2.24) is 4.98 Å². The van der Waals surface area contributed by atoms with Crippen LogP contribution >= 0.6 is 31.9 Å². The van der Waals surface area contributed by atoms with Gasteiger partial charge in [0.25, 0.3) is 0 Å². The molecule has 1 rings (SSSR count). The van der Waals surface area contributed by atoms with E-state index in [0.29, 0.717) is 13.0 Å². The Morgan fingerprint density at radius 2 is 2.27 bits per heavy atom. The summed E-state index contributed by atoms with van der Waals surface area (Å²) in [5.41, 5.74) is 0. The number of anilines is 1. The van der Waals surface area contributed by atoms with Crippen molar-refractivity contribution < 1.29 is 0 Å². The largest absolute Gasteiger partial charge is 0.355 e. The molecule has 0 atom stereocenters. The minimum atomic E-state index is 0.512. The van der Waals surface area contributed by atoms with E-state index in [-0.39, 0.29) is 0 Å². The van der Waals surface area contributed by atoms with Gasteiger partial charge in [0, 0.05) is 23.8 Å². The summed E-state index contributed by atoms with van der Waals surface area (Å²) in [4.78, 5) is 6.39. The zero-order valence-corrected chi connectivity index (χ0v) is 11.5. The monoisotopic (exact) mass is 331 g/mol. The Kier molecular flexibility index (Phi) is 5.06. The summed E-state index contributed by atoms with van der Waals surface area (Å²) in [7, 11) is 0. The molecule has 1 aromatic rings. The Morgan fingerprint density at radius 1 is 1.53 bits per heavy atom. The summed E-state index contributed by atoms with van der Waals surface area (Å²) in [5, 5.41) is 8.55. The second-order valence-corrected chi connectivity index (χ2v) is 4.72. The predicted octanol–water partition coefficient (Wildman–Crippen LogP) is 3.35. The first-order valence-corrected chi connectivity index (χ1v) is 6.20. The SMILES string of the molecule is CCN(CCC#N)c1ncc(Br)cc1Br. The summed E-state index contributed by atoms with van der Waals surface area (Å²) in [6, 6.07) is 4.09. The lowest BCUT2D eigenvalue weighted by molar-refractivity contribution is 0.808. The van der Waals surface area contributed by atoms with E-state index in [2.05, 4.69) is 47.8 Å². The molecule has 0 amide bonds. The minimum Gasteiger partial charge on any atom is -0.355 e. The van der Waals surface area contributed by atoms with Crippen LogP contribution in [0, 0.1) is 11.3 Å². The van der Waals surface area contributed by atoms with Crippen molar-refractivity contribution in [3.05, 3.63) is 21.2 Å². The maximum absolute atomic E-state index is 8.55. The van der Waals surface area contributed by atoms with Crippen molar-refractivity contribution in [2.45, 2.75) is 13.3 Å². The molecule has 0 radical (unpaired) electrons. The van der Waals surface area contributed by atoms with Crippen molar-refractivity contribution in [3.8, 4) is 6.07 Å². The number of hydrogen-bond acceptors (Lipinski definition) is 3. The molecular formula is C10H11Br2N3. The molecule has 0 fully saturated rings. The fraction of sp³-hybridized carbons (Fsp3) is 0.400. The van der Waals surface area contributed by atoms with E-state index in [1.807, 2.05) is 13.0 Å². The van der Waals surface area contributed by atoms with Gasteiger partial charge in [0.1, 0.15) is 5.82 Å². The van der Waals surface area contributed by atoms with Crippen molar-refractivity contribution >= 4 is 37.7 Å². The number of pyridine rings is 1. The van der Waals surface area contributed by atoms with E-state index in [0.717, 1.165) is 21.3 Å². The third kappa shape index (κ3) is 3.47. The summed E-state index contributed by atoms with van der Waals surface area (Å²) in [6.07, 6.45) is 2.27. The fourth-order valence-corrected chi connectivity index (χ4v) is 2.48. The van der Waals surface area contributed by atoms with E-state index >= 15 is 0 Å². The van der Waals surface area contributed by atoms with Gasteiger partial charge in [-0.15, -0.1) is 0 Å². The highest BCUT2D eigenvalue weighted by Crippen LogP contribution is 2.26. The molecule has 3 nitrogen and oxygen atoms in total. The molecule has 0 saturated heterocycles. The van der Waals surface area contributed by atoms with Crippen molar-refractivity contribution in [1.29, 1.82) is 5.26 Å². The number of hydrogen-bond donors (Lipinski definition) is 0. The van der Waals surface area contributed by atoms with Crippen LogP contribution in [0.5, 0.6) is 0 Å². The van der Waals surface area contributed by atoms with Gasteiger partial charge in [-0.2, -0.15) is 5.26 Å². The molecule has 0 aromatic carbocycles. The molecule has 0 spiro atoms. The van der Waals surface area contributed by atoms with Gasteiger partial charge in [-0.25, -0.2) is 4.98 Å². The maximum atomic E-state index is 8.55. The molecule has 5 heteroatoms. The van der Waals surface area contributed by atoms with Gasteiger partial charge in [-0.05, 0) is 44.8 Å². The summed E-state index contributed by atoms with van der Waals surface area (Å²) < 4.78 is 1.88. The second-order valence-electron chi connectivity index (χ2n) is 2.95. The quantitative estimate of drug-likeness (QED) is 0.848. The minimum absolute atomic E-state index is 0.512. The van der Waals surface area contributed by atoms with Crippen LogP contribution in [0.2, 0.25) is 0 Å². The average molecular weight is 333 g/mol. The van der Waals surface area contributed by atoms with Crippen LogP contribution < -0.4 is 4.90 Å². The summed E-state index contributed by atoms with van der Waals surface area (Å²) >= 11 is 6.82. The van der Waals surface area contributed by atoms with Crippen LogP contribution in [-0.2, 0) is 0 Å². The molecule has 0 aliphatic carbocycles. The molecule has 0 saturated carbocycles. The third-order valence-electron chi connectivity index (χ3n) is 1.96. The lowest BCUT2D eigenvalue weighted by Crippen LogP contribution is -2.25. The van der Waals surface area contributed by atoms with E-state index in [9.17, 15) is 0 Å². The number of nitrogens with zero attached hydrogens (tertiary/aromatic N) is 3. The van der Waals surface area contributed by atoms with E-state index < -0.39 is 0 Å². The first kappa shape index (κ1) is 12.5. The predicted molar refractivity (Wildman–Crippen MR) is 67.8 cm³/mol. The topological polar surface area (TPSA) is 39.9 Å². The normalized spacial score (nSPS) is 9.73. The lowest BCUT2D eigenvalue weighted by Gasteiger charge is -2.21. The molecule has 0 N–H and O–H groups in total. The standard InChI is InChI=1S/C10H11Br2N3/c1-2-15(5-3-4-13)10-9(12)6-8(11)7-14-10/h6-7H,2-3,5H2,1H3. The van der Waals surface area contributed by atoms with Crippen LogP contribution in [0.4, 0.5) is 5.82 Å². The Hall–Kier alpha value is -0.600. The highest BCUT2D eigenvalue weighted by Gasteiger charge is 2.09.